The monoisotopic (exact) mass is 410 g/mol. The number of amides is 1. The summed E-state index contributed by atoms with van der Waals surface area (Å²) in [5, 5.41) is 7.04. The van der Waals surface area contributed by atoms with E-state index in [2.05, 4.69) is 15.1 Å². The Bertz CT molecular complexity index is 1070. The second-order valence-electron chi connectivity index (χ2n) is 7.12. The van der Waals surface area contributed by atoms with Gasteiger partial charge in [0.15, 0.2) is 0 Å². The van der Waals surface area contributed by atoms with Crippen molar-refractivity contribution in [2.45, 2.75) is 36.9 Å². The summed E-state index contributed by atoms with van der Waals surface area (Å²) in [5.41, 5.74) is 2.53. The number of rotatable bonds is 8. The zero-order chi connectivity index (χ0) is 20.3. The molecule has 0 aliphatic heterocycles. The standard InChI is InChI=1S/C21H22N4O3S/c26-21(18-6-10-20(11-7-18)29(27,28)24-19-8-9-19)22-14-16-2-4-17(5-3-16)15-25-13-1-12-23-25/h1-7,10-13,19,24H,8-9,14-15H2,(H,22,26). The number of aromatic nitrogens is 2. The predicted molar refractivity (Wildman–Crippen MR) is 109 cm³/mol. The molecule has 2 N–H and O–H groups in total. The van der Waals surface area contributed by atoms with Gasteiger partial charge < -0.3 is 5.32 Å². The number of benzene rings is 2. The molecule has 0 saturated heterocycles. The highest BCUT2D eigenvalue weighted by molar-refractivity contribution is 7.89. The Kier molecular flexibility index (Phi) is 5.46. The summed E-state index contributed by atoms with van der Waals surface area (Å²) in [6.07, 6.45) is 5.41. The van der Waals surface area contributed by atoms with Crippen LogP contribution in [0.4, 0.5) is 0 Å². The predicted octanol–water partition coefficient (Wildman–Crippen LogP) is 2.30. The minimum Gasteiger partial charge on any atom is -0.348 e. The highest BCUT2D eigenvalue weighted by atomic mass is 32.2. The van der Waals surface area contributed by atoms with Crippen LogP contribution in [0.15, 0.2) is 71.9 Å². The molecule has 8 heteroatoms. The number of carbonyl (C=O) groups is 1. The van der Waals surface area contributed by atoms with Crippen molar-refractivity contribution in [1.82, 2.24) is 19.8 Å². The molecule has 1 heterocycles. The van der Waals surface area contributed by atoms with Crippen LogP contribution >= 0.6 is 0 Å². The van der Waals surface area contributed by atoms with Crippen LogP contribution in [0.1, 0.15) is 34.3 Å². The summed E-state index contributed by atoms with van der Waals surface area (Å²) in [7, 11) is -3.51. The quantitative estimate of drug-likeness (QED) is 0.596. The Balaban J connectivity index is 1.32. The molecule has 4 rings (SSSR count). The minimum absolute atomic E-state index is 0.0499. The van der Waals surface area contributed by atoms with Crippen molar-refractivity contribution >= 4 is 15.9 Å². The molecule has 1 aliphatic rings. The molecule has 7 nitrogen and oxygen atoms in total. The maximum Gasteiger partial charge on any atom is 0.251 e. The first-order valence-electron chi connectivity index (χ1n) is 9.45. The molecule has 0 radical (unpaired) electrons. The van der Waals surface area contributed by atoms with Gasteiger partial charge >= 0.3 is 0 Å². The van der Waals surface area contributed by atoms with Gasteiger partial charge in [0, 0.05) is 30.5 Å². The van der Waals surface area contributed by atoms with Gasteiger partial charge in [0.05, 0.1) is 11.4 Å². The second-order valence-corrected chi connectivity index (χ2v) is 8.84. The molecule has 1 aliphatic carbocycles. The summed E-state index contributed by atoms with van der Waals surface area (Å²) in [4.78, 5) is 12.5. The first kappa shape index (κ1) is 19.4. The Hall–Kier alpha value is -2.97. The smallest absolute Gasteiger partial charge is 0.251 e. The average Bonchev–Trinajstić information content (AvgIpc) is 3.38. The molecule has 150 valence electrons. The van der Waals surface area contributed by atoms with Gasteiger partial charge in [-0.2, -0.15) is 5.10 Å². The number of nitrogens with one attached hydrogen (secondary N) is 2. The summed E-state index contributed by atoms with van der Waals surface area (Å²) in [6.45, 7) is 1.09. The lowest BCUT2D eigenvalue weighted by Crippen LogP contribution is -2.26. The third-order valence-corrected chi connectivity index (χ3v) is 6.24. The molecule has 3 aromatic rings. The minimum atomic E-state index is -3.51. The molecule has 1 aromatic heterocycles. The fourth-order valence-corrected chi connectivity index (χ4v) is 4.21. The van der Waals surface area contributed by atoms with Gasteiger partial charge in [-0.1, -0.05) is 24.3 Å². The lowest BCUT2D eigenvalue weighted by Gasteiger charge is -2.08. The zero-order valence-corrected chi connectivity index (χ0v) is 16.6. The van der Waals surface area contributed by atoms with Crippen molar-refractivity contribution in [1.29, 1.82) is 0 Å². The van der Waals surface area contributed by atoms with E-state index < -0.39 is 10.0 Å². The van der Waals surface area contributed by atoms with Crippen LogP contribution in [0, 0.1) is 0 Å². The van der Waals surface area contributed by atoms with Crippen molar-refractivity contribution in [2.24, 2.45) is 0 Å². The topological polar surface area (TPSA) is 93.1 Å². The van der Waals surface area contributed by atoms with Gasteiger partial charge in [-0.3, -0.25) is 9.48 Å². The van der Waals surface area contributed by atoms with Crippen LogP contribution in [-0.2, 0) is 23.1 Å². The lowest BCUT2D eigenvalue weighted by atomic mass is 10.1. The van der Waals surface area contributed by atoms with Gasteiger partial charge in [0.25, 0.3) is 5.91 Å². The fourth-order valence-electron chi connectivity index (χ4n) is 2.90. The van der Waals surface area contributed by atoms with Gasteiger partial charge in [-0.25, -0.2) is 13.1 Å². The summed E-state index contributed by atoms with van der Waals surface area (Å²) in [6, 6.07) is 15.9. The first-order chi connectivity index (χ1) is 14.0. The van der Waals surface area contributed by atoms with Crippen LogP contribution in [-0.4, -0.2) is 30.1 Å². The highest BCUT2D eigenvalue weighted by Crippen LogP contribution is 2.22. The normalized spacial score (nSPS) is 13.9. The highest BCUT2D eigenvalue weighted by Gasteiger charge is 2.27. The molecule has 2 aromatic carbocycles. The molecule has 29 heavy (non-hydrogen) atoms. The molecule has 0 bridgehead atoms. The van der Waals surface area contributed by atoms with E-state index in [9.17, 15) is 13.2 Å². The Morgan fingerprint density at radius 1 is 1.03 bits per heavy atom. The largest absolute Gasteiger partial charge is 0.348 e. The zero-order valence-electron chi connectivity index (χ0n) is 15.8. The summed E-state index contributed by atoms with van der Waals surface area (Å²) in [5.74, 6) is -0.246. The molecule has 0 unspecified atom stereocenters. The SMILES string of the molecule is O=C(NCc1ccc(Cn2cccn2)cc1)c1ccc(S(=O)(=O)NC2CC2)cc1. The van der Waals surface area contributed by atoms with Crippen molar-refractivity contribution in [3.8, 4) is 0 Å². The van der Waals surface area contributed by atoms with E-state index in [4.69, 9.17) is 0 Å². The van der Waals surface area contributed by atoms with E-state index in [-0.39, 0.29) is 16.8 Å². The van der Waals surface area contributed by atoms with Crippen LogP contribution in [0.25, 0.3) is 0 Å². The van der Waals surface area contributed by atoms with Gasteiger partial charge in [-0.15, -0.1) is 0 Å². The molecular weight excluding hydrogens is 388 g/mol. The Morgan fingerprint density at radius 2 is 1.72 bits per heavy atom. The van der Waals surface area contributed by atoms with Crippen LogP contribution < -0.4 is 10.0 Å². The summed E-state index contributed by atoms with van der Waals surface area (Å²) < 4.78 is 28.8. The van der Waals surface area contributed by atoms with Gasteiger partial charge in [-0.05, 0) is 54.3 Å². The van der Waals surface area contributed by atoms with Crippen LogP contribution in [0.5, 0.6) is 0 Å². The van der Waals surface area contributed by atoms with Crippen LogP contribution in [0.2, 0.25) is 0 Å². The number of sulfonamides is 1. The van der Waals surface area contributed by atoms with E-state index in [1.165, 1.54) is 24.3 Å². The maximum absolute atomic E-state index is 12.4. The molecule has 1 saturated carbocycles. The van der Waals surface area contributed by atoms with Gasteiger partial charge in [0.1, 0.15) is 0 Å². The molecular formula is C21H22N4O3S. The number of hydrogen-bond donors (Lipinski definition) is 2. The van der Waals surface area contributed by atoms with Crippen molar-refractivity contribution < 1.29 is 13.2 Å². The van der Waals surface area contributed by atoms with E-state index >= 15 is 0 Å². The summed E-state index contributed by atoms with van der Waals surface area (Å²) >= 11 is 0. The molecule has 0 atom stereocenters. The molecule has 1 fully saturated rings. The average molecular weight is 410 g/mol. The van der Waals surface area contributed by atoms with Gasteiger partial charge in [0.2, 0.25) is 10.0 Å². The molecule has 1 amide bonds. The van der Waals surface area contributed by atoms with Crippen molar-refractivity contribution in [2.75, 3.05) is 0 Å². The maximum atomic E-state index is 12.4. The van der Waals surface area contributed by atoms with E-state index in [0.717, 1.165) is 24.0 Å². The Morgan fingerprint density at radius 3 is 2.34 bits per heavy atom. The number of nitrogens with zero attached hydrogens (tertiary/aromatic N) is 2. The third kappa shape index (κ3) is 5.10. The van der Waals surface area contributed by atoms with E-state index in [1.54, 1.807) is 6.20 Å². The number of hydrogen-bond acceptors (Lipinski definition) is 4. The molecule has 0 spiro atoms. The fraction of sp³-hybridized carbons (Fsp3) is 0.238. The Labute approximate surface area is 169 Å². The van der Waals surface area contributed by atoms with Crippen molar-refractivity contribution in [3.63, 3.8) is 0 Å². The number of carbonyl (C=O) groups excluding carboxylic acids is 1. The van der Waals surface area contributed by atoms with E-state index in [1.807, 2.05) is 41.2 Å². The van der Waals surface area contributed by atoms with E-state index in [0.29, 0.717) is 18.7 Å². The van der Waals surface area contributed by atoms with Crippen molar-refractivity contribution in [3.05, 3.63) is 83.7 Å². The third-order valence-electron chi connectivity index (χ3n) is 4.71. The first-order valence-corrected chi connectivity index (χ1v) is 10.9. The second kappa shape index (κ2) is 8.18. The van der Waals surface area contributed by atoms with Crippen LogP contribution in [0.3, 0.4) is 0 Å². The lowest BCUT2D eigenvalue weighted by molar-refractivity contribution is 0.0951.